The Bertz CT molecular complexity index is 873. The lowest BCUT2D eigenvalue weighted by atomic mass is 10.1. The highest BCUT2D eigenvalue weighted by Crippen LogP contribution is 2.35. The number of hydrogen-bond acceptors (Lipinski definition) is 3. The molecule has 1 aliphatic rings. The van der Waals surface area contributed by atoms with E-state index in [-0.39, 0.29) is 10.6 Å². The van der Waals surface area contributed by atoms with Gasteiger partial charge in [-0.05, 0) is 47.9 Å². The standard InChI is InChI=1S/C20H17BrClNO3/c1-12(2)11-26-16-9-3-13(4-10-16)17-18(22)20(25)23(19(17)24)15-7-5-14(21)6-8-15/h3-10,12H,11H2,1-2H3. The van der Waals surface area contributed by atoms with Crippen LogP contribution in [0.4, 0.5) is 5.69 Å². The van der Waals surface area contributed by atoms with Crippen molar-refractivity contribution in [3.63, 3.8) is 0 Å². The van der Waals surface area contributed by atoms with Gasteiger partial charge in [-0.25, -0.2) is 4.90 Å². The molecule has 3 rings (SSSR count). The maximum atomic E-state index is 12.8. The number of amides is 2. The molecular weight excluding hydrogens is 418 g/mol. The summed E-state index contributed by atoms with van der Waals surface area (Å²) < 4.78 is 6.50. The van der Waals surface area contributed by atoms with E-state index in [9.17, 15) is 9.59 Å². The fraction of sp³-hybridized carbons (Fsp3) is 0.200. The third kappa shape index (κ3) is 3.69. The molecule has 0 aromatic heterocycles. The van der Waals surface area contributed by atoms with Crippen LogP contribution < -0.4 is 9.64 Å². The minimum Gasteiger partial charge on any atom is -0.493 e. The fourth-order valence-corrected chi connectivity index (χ4v) is 3.10. The first kappa shape index (κ1) is 18.7. The fourth-order valence-electron chi connectivity index (χ4n) is 2.56. The lowest BCUT2D eigenvalue weighted by Gasteiger charge is -2.15. The van der Waals surface area contributed by atoms with E-state index in [1.54, 1.807) is 48.5 Å². The summed E-state index contributed by atoms with van der Waals surface area (Å²) in [6.45, 7) is 4.74. The van der Waals surface area contributed by atoms with Gasteiger partial charge in [0.25, 0.3) is 11.8 Å². The van der Waals surface area contributed by atoms with Gasteiger partial charge < -0.3 is 4.74 Å². The van der Waals surface area contributed by atoms with Crippen molar-refractivity contribution in [2.75, 3.05) is 11.5 Å². The molecule has 6 heteroatoms. The Hall–Kier alpha value is -2.11. The molecule has 2 amide bonds. The molecule has 0 atom stereocenters. The molecule has 134 valence electrons. The van der Waals surface area contributed by atoms with Crippen LogP contribution in [0.5, 0.6) is 5.75 Å². The Morgan fingerprint density at radius 3 is 2.19 bits per heavy atom. The van der Waals surface area contributed by atoms with E-state index in [4.69, 9.17) is 16.3 Å². The van der Waals surface area contributed by atoms with E-state index in [0.717, 1.165) is 9.37 Å². The minimum atomic E-state index is -0.519. The zero-order chi connectivity index (χ0) is 18.8. The number of anilines is 1. The highest BCUT2D eigenvalue weighted by Gasteiger charge is 2.39. The Morgan fingerprint density at radius 2 is 1.62 bits per heavy atom. The van der Waals surface area contributed by atoms with Crippen molar-refractivity contribution >= 4 is 50.6 Å². The van der Waals surface area contributed by atoms with Gasteiger partial charge in [0.1, 0.15) is 10.8 Å². The van der Waals surface area contributed by atoms with Gasteiger partial charge in [-0.1, -0.05) is 53.5 Å². The first-order valence-corrected chi connectivity index (χ1v) is 9.33. The van der Waals surface area contributed by atoms with Crippen LogP contribution in [0.3, 0.4) is 0 Å². The normalized spacial score (nSPS) is 14.6. The van der Waals surface area contributed by atoms with Gasteiger partial charge in [-0.3, -0.25) is 9.59 Å². The molecule has 2 aromatic rings. The second-order valence-electron chi connectivity index (χ2n) is 6.34. The number of carbonyl (C=O) groups excluding carboxylic acids is 2. The molecule has 1 aliphatic heterocycles. The summed E-state index contributed by atoms with van der Waals surface area (Å²) in [6, 6.07) is 13.9. The molecule has 0 saturated heterocycles. The van der Waals surface area contributed by atoms with Gasteiger partial charge >= 0.3 is 0 Å². The second-order valence-corrected chi connectivity index (χ2v) is 7.63. The number of nitrogens with zero attached hydrogens (tertiary/aromatic N) is 1. The van der Waals surface area contributed by atoms with Crippen molar-refractivity contribution in [2.24, 2.45) is 5.92 Å². The monoisotopic (exact) mass is 433 g/mol. The lowest BCUT2D eigenvalue weighted by molar-refractivity contribution is -0.119. The molecule has 0 saturated carbocycles. The van der Waals surface area contributed by atoms with Gasteiger partial charge in [-0.2, -0.15) is 0 Å². The molecule has 1 heterocycles. The number of hydrogen-bond donors (Lipinski definition) is 0. The largest absolute Gasteiger partial charge is 0.493 e. The first-order valence-electron chi connectivity index (χ1n) is 8.16. The molecule has 0 N–H and O–H groups in total. The molecule has 4 nitrogen and oxygen atoms in total. The van der Waals surface area contributed by atoms with Crippen LogP contribution in [0.15, 0.2) is 58.0 Å². The number of ether oxygens (including phenoxy) is 1. The zero-order valence-electron chi connectivity index (χ0n) is 14.3. The van der Waals surface area contributed by atoms with E-state index in [1.165, 1.54) is 0 Å². The summed E-state index contributed by atoms with van der Waals surface area (Å²) in [5, 5.41) is -0.0752. The van der Waals surface area contributed by atoms with Gasteiger partial charge in [0.2, 0.25) is 0 Å². The summed E-state index contributed by atoms with van der Waals surface area (Å²) in [5.74, 6) is 0.174. The van der Waals surface area contributed by atoms with Crippen LogP contribution in [-0.4, -0.2) is 18.4 Å². The Morgan fingerprint density at radius 1 is 1.00 bits per heavy atom. The van der Waals surface area contributed by atoms with Crippen molar-refractivity contribution in [1.82, 2.24) is 0 Å². The van der Waals surface area contributed by atoms with Crippen molar-refractivity contribution < 1.29 is 14.3 Å². The summed E-state index contributed by atoms with van der Waals surface area (Å²) in [6.07, 6.45) is 0. The number of benzene rings is 2. The average molecular weight is 435 g/mol. The topological polar surface area (TPSA) is 46.6 Å². The minimum absolute atomic E-state index is 0.0752. The van der Waals surface area contributed by atoms with Crippen LogP contribution in [0.2, 0.25) is 0 Å². The van der Waals surface area contributed by atoms with Crippen molar-refractivity contribution in [3.8, 4) is 5.75 Å². The van der Waals surface area contributed by atoms with Crippen LogP contribution in [0, 0.1) is 5.92 Å². The maximum absolute atomic E-state index is 12.8. The van der Waals surface area contributed by atoms with Gasteiger partial charge in [0, 0.05) is 4.47 Å². The molecular formula is C20H17BrClNO3. The smallest absolute Gasteiger partial charge is 0.277 e. The molecule has 0 spiro atoms. The second kappa shape index (κ2) is 7.64. The number of rotatable bonds is 5. The van der Waals surface area contributed by atoms with Crippen LogP contribution in [0.1, 0.15) is 19.4 Å². The van der Waals surface area contributed by atoms with E-state index < -0.39 is 11.8 Å². The van der Waals surface area contributed by atoms with Gasteiger partial charge in [0.05, 0.1) is 17.9 Å². The maximum Gasteiger partial charge on any atom is 0.277 e. The SMILES string of the molecule is CC(C)COc1ccc(C2=C(Cl)C(=O)N(c3ccc(Br)cc3)C2=O)cc1. The highest BCUT2D eigenvalue weighted by atomic mass is 79.9. The van der Waals surface area contributed by atoms with Crippen LogP contribution in [-0.2, 0) is 9.59 Å². The first-order chi connectivity index (χ1) is 12.4. The third-order valence-electron chi connectivity index (χ3n) is 3.84. The van der Waals surface area contributed by atoms with E-state index in [1.807, 2.05) is 0 Å². The Kier molecular flexibility index (Phi) is 5.49. The summed E-state index contributed by atoms with van der Waals surface area (Å²) in [4.78, 5) is 26.4. The zero-order valence-corrected chi connectivity index (χ0v) is 16.7. The summed E-state index contributed by atoms with van der Waals surface area (Å²) in [5.41, 5.74) is 1.27. The number of imide groups is 1. The predicted molar refractivity (Wildman–Crippen MR) is 106 cm³/mol. The summed E-state index contributed by atoms with van der Waals surface area (Å²) in [7, 11) is 0. The van der Waals surface area contributed by atoms with Crippen molar-refractivity contribution in [2.45, 2.75) is 13.8 Å². The molecule has 0 bridgehead atoms. The molecule has 2 aromatic carbocycles. The molecule has 0 aliphatic carbocycles. The van der Waals surface area contributed by atoms with Crippen molar-refractivity contribution in [3.05, 3.63) is 63.6 Å². The van der Waals surface area contributed by atoms with Crippen LogP contribution in [0.25, 0.3) is 5.57 Å². The molecule has 26 heavy (non-hydrogen) atoms. The predicted octanol–water partition coefficient (Wildman–Crippen LogP) is 5.01. The number of halogens is 2. The van der Waals surface area contributed by atoms with E-state index in [2.05, 4.69) is 29.8 Å². The third-order valence-corrected chi connectivity index (χ3v) is 4.72. The van der Waals surface area contributed by atoms with Gasteiger partial charge in [0.15, 0.2) is 0 Å². The molecule has 0 fully saturated rings. The van der Waals surface area contributed by atoms with Crippen LogP contribution >= 0.6 is 27.5 Å². The van der Waals surface area contributed by atoms with Crippen molar-refractivity contribution in [1.29, 1.82) is 0 Å². The van der Waals surface area contributed by atoms with E-state index >= 15 is 0 Å². The molecule has 0 radical (unpaired) electrons. The lowest BCUT2D eigenvalue weighted by Crippen LogP contribution is -2.31. The molecule has 0 unspecified atom stereocenters. The quantitative estimate of drug-likeness (QED) is 0.622. The van der Waals surface area contributed by atoms with E-state index in [0.29, 0.717) is 29.5 Å². The highest BCUT2D eigenvalue weighted by molar-refractivity contribution is 9.10. The average Bonchev–Trinajstić information content (AvgIpc) is 2.84. The summed E-state index contributed by atoms with van der Waals surface area (Å²) >= 11 is 9.54. The Balaban J connectivity index is 1.87. The van der Waals surface area contributed by atoms with Gasteiger partial charge in [-0.15, -0.1) is 0 Å². The Labute approximate surface area is 165 Å². The number of carbonyl (C=O) groups is 2.